The molecule has 1 amide bonds. The van der Waals surface area contributed by atoms with E-state index in [0.29, 0.717) is 30.0 Å². The average Bonchev–Trinajstić information content (AvgIpc) is 2.78. The van der Waals surface area contributed by atoms with Crippen molar-refractivity contribution in [2.75, 3.05) is 13.1 Å². The number of carbonyl (C=O) groups excluding carboxylic acids is 1. The molecule has 6 nitrogen and oxygen atoms in total. The third-order valence-electron chi connectivity index (χ3n) is 5.73. The highest BCUT2D eigenvalue weighted by Crippen LogP contribution is 2.25. The van der Waals surface area contributed by atoms with Crippen molar-refractivity contribution in [1.29, 1.82) is 0 Å². The SMILES string of the molecule is CC(C)(Cc1cccc(CC(=O)NCCc2ccc(Cl)cc2)c1)NCC(O)c1cc(O)cc(O)c1. The molecule has 3 aromatic carbocycles. The lowest BCUT2D eigenvalue weighted by Crippen LogP contribution is -2.43. The number of hydrogen-bond donors (Lipinski definition) is 5. The van der Waals surface area contributed by atoms with E-state index in [2.05, 4.69) is 10.6 Å². The summed E-state index contributed by atoms with van der Waals surface area (Å²) in [5.41, 5.74) is 3.25. The maximum Gasteiger partial charge on any atom is 0.224 e. The molecule has 0 saturated carbocycles. The van der Waals surface area contributed by atoms with Crippen LogP contribution in [0.3, 0.4) is 0 Å². The van der Waals surface area contributed by atoms with Gasteiger partial charge in [0.1, 0.15) is 11.5 Å². The van der Waals surface area contributed by atoms with Crippen molar-refractivity contribution in [1.82, 2.24) is 10.6 Å². The molecule has 0 aliphatic heterocycles. The average molecular weight is 497 g/mol. The first-order valence-electron chi connectivity index (χ1n) is 11.6. The van der Waals surface area contributed by atoms with Gasteiger partial charge in [0.05, 0.1) is 12.5 Å². The van der Waals surface area contributed by atoms with Gasteiger partial charge in [-0.15, -0.1) is 0 Å². The summed E-state index contributed by atoms with van der Waals surface area (Å²) < 4.78 is 0. The van der Waals surface area contributed by atoms with Crippen LogP contribution in [0.25, 0.3) is 0 Å². The Morgan fingerprint density at radius 2 is 1.60 bits per heavy atom. The number of halogens is 1. The number of phenols is 2. The van der Waals surface area contributed by atoms with Crippen molar-refractivity contribution in [3.8, 4) is 11.5 Å². The van der Waals surface area contributed by atoms with Crippen molar-refractivity contribution < 1.29 is 20.1 Å². The zero-order valence-corrected chi connectivity index (χ0v) is 20.8. The van der Waals surface area contributed by atoms with Crippen LogP contribution in [0.1, 0.15) is 42.2 Å². The molecule has 35 heavy (non-hydrogen) atoms. The Morgan fingerprint density at radius 1 is 0.943 bits per heavy atom. The minimum Gasteiger partial charge on any atom is -0.508 e. The molecule has 3 rings (SSSR count). The molecule has 3 aromatic rings. The molecule has 0 saturated heterocycles. The molecule has 0 aliphatic carbocycles. The van der Waals surface area contributed by atoms with Crippen LogP contribution in [0.15, 0.2) is 66.7 Å². The molecule has 0 aliphatic rings. The molecular formula is C28H33ClN2O4. The van der Waals surface area contributed by atoms with Gasteiger partial charge in [0.2, 0.25) is 5.91 Å². The lowest BCUT2D eigenvalue weighted by Gasteiger charge is -2.28. The smallest absolute Gasteiger partial charge is 0.224 e. The fraction of sp³-hybridized carbons (Fsp3) is 0.321. The molecule has 0 spiro atoms. The van der Waals surface area contributed by atoms with Crippen LogP contribution in [0.4, 0.5) is 0 Å². The molecular weight excluding hydrogens is 464 g/mol. The minimum absolute atomic E-state index is 0.0222. The van der Waals surface area contributed by atoms with Gasteiger partial charge in [0.25, 0.3) is 0 Å². The highest BCUT2D eigenvalue weighted by atomic mass is 35.5. The zero-order chi connectivity index (χ0) is 25.4. The van der Waals surface area contributed by atoms with Crippen molar-refractivity contribution in [2.45, 2.75) is 44.8 Å². The Morgan fingerprint density at radius 3 is 2.29 bits per heavy atom. The van der Waals surface area contributed by atoms with E-state index in [1.807, 2.05) is 62.4 Å². The quantitative estimate of drug-likeness (QED) is 0.272. The lowest BCUT2D eigenvalue weighted by atomic mass is 9.93. The van der Waals surface area contributed by atoms with E-state index in [4.69, 9.17) is 11.6 Å². The number of aromatic hydroxyl groups is 2. The standard InChI is InChI=1S/C28H33ClN2O4/c1-28(2,31-18-26(34)22-14-24(32)16-25(33)15-22)17-21-5-3-4-20(12-21)13-27(35)30-11-10-19-6-8-23(29)9-7-19/h3-9,12,14-16,26,31-34H,10-11,13,17-18H2,1-2H3,(H,30,35). The molecule has 7 heteroatoms. The monoisotopic (exact) mass is 496 g/mol. The molecule has 0 fully saturated rings. The Hall–Kier alpha value is -3.06. The highest BCUT2D eigenvalue weighted by Gasteiger charge is 2.20. The van der Waals surface area contributed by atoms with Gasteiger partial charge < -0.3 is 26.0 Å². The van der Waals surface area contributed by atoms with Crippen LogP contribution < -0.4 is 10.6 Å². The van der Waals surface area contributed by atoms with Crippen molar-refractivity contribution in [3.05, 3.63) is 94.0 Å². The van der Waals surface area contributed by atoms with E-state index in [-0.39, 0.29) is 29.5 Å². The summed E-state index contributed by atoms with van der Waals surface area (Å²) in [6.07, 6.45) is 0.866. The molecule has 1 unspecified atom stereocenters. The Kier molecular flexibility index (Phi) is 9.15. The maximum atomic E-state index is 12.4. The minimum atomic E-state index is -0.879. The first kappa shape index (κ1) is 26.5. The number of rotatable bonds is 11. The lowest BCUT2D eigenvalue weighted by molar-refractivity contribution is -0.120. The third-order valence-corrected chi connectivity index (χ3v) is 5.99. The van der Waals surface area contributed by atoms with Gasteiger partial charge in [0, 0.05) is 29.7 Å². The van der Waals surface area contributed by atoms with Crippen LogP contribution in [0.5, 0.6) is 11.5 Å². The summed E-state index contributed by atoms with van der Waals surface area (Å²) in [6, 6.07) is 19.7. The van der Waals surface area contributed by atoms with Gasteiger partial charge in [0.15, 0.2) is 0 Å². The van der Waals surface area contributed by atoms with Gasteiger partial charge in [-0.3, -0.25) is 4.79 Å². The van der Waals surface area contributed by atoms with E-state index < -0.39 is 6.10 Å². The van der Waals surface area contributed by atoms with Crippen LogP contribution in [0.2, 0.25) is 5.02 Å². The number of β-amino-alcohol motifs (C(OH)–C–C–N with tert-alkyl or cyclic N) is 1. The van der Waals surface area contributed by atoms with E-state index in [1.54, 1.807) is 0 Å². The van der Waals surface area contributed by atoms with E-state index >= 15 is 0 Å². The first-order chi connectivity index (χ1) is 16.6. The van der Waals surface area contributed by atoms with Gasteiger partial charge in [-0.2, -0.15) is 0 Å². The molecule has 1 atom stereocenters. The summed E-state index contributed by atoms with van der Waals surface area (Å²) in [5.74, 6) is -0.209. The predicted octanol–water partition coefficient (Wildman–Crippen LogP) is 4.30. The highest BCUT2D eigenvalue weighted by molar-refractivity contribution is 6.30. The van der Waals surface area contributed by atoms with Crippen LogP contribution in [-0.2, 0) is 24.1 Å². The zero-order valence-electron chi connectivity index (χ0n) is 20.1. The summed E-state index contributed by atoms with van der Waals surface area (Å²) in [6.45, 7) is 4.90. The number of carbonyl (C=O) groups is 1. The number of amides is 1. The number of benzene rings is 3. The normalized spacial score (nSPS) is 12.3. The maximum absolute atomic E-state index is 12.4. The summed E-state index contributed by atoms with van der Waals surface area (Å²) in [5, 5.41) is 36.8. The Balaban J connectivity index is 1.48. The second-order valence-corrected chi connectivity index (χ2v) is 9.90. The van der Waals surface area contributed by atoms with Gasteiger partial charge >= 0.3 is 0 Å². The van der Waals surface area contributed by atoms with Crippen LogP contribution >= 0.6 is 11.6 Å². The third kappa shape index (κ3) is 8.91. The summed E-state index contributed by atoms with van der Waals surface area (Å²) in [4.78, 5) is 12.4. The molecule has 0 bridgehead atoms. The molecule has 0 heterocycles. The summed E-state index contributed by atoms with van der Waals surface area (Å²) >= 11 is 5.90. The Bertz CT molecular complexity index is 1110. The molecule has 5 N–H and O–H groups in total. The topological polar surface area (TPSA) is 102 Å². The van der Waals surface area contributed by atoms with Crippen molar-refractivity contribution in [3.63, 3.8) is 0 Å². The first-order valence-corrected chi connectivity index (χ1v) is 12.0. The predicted molar refractivity (Wildman–Crippen MR) is 139 cm³/mol. The number of aliphatic hydroxyl groups is 1. The largest absolute Gasteiger partial charge is 0.508 e. The molecule has 0 radical (unpaired) electrons. The van der Waals surface area contributed by atoms with Crippen molar-refractivity contribution >= 4 is 17.5 Å². The van der Waals surface area contributed by atoms with Crippen LogP contribution in [0, 0.1) is 0 Å². The van der Waals surface area contributed by atoms with E-state index in [0.717, 1.165) is 23.1 Å². The Labute approximate surface area is 211 Å². The van der Waals surface area contributed by atoms with E-state index in [1.165, 1.54) is 18.2 Å². The second kappa shape index (κ2) is 12.1. The fourth-order valence-electron chi connectivity index (χ4n) is 3.97. The number of phenolic OH excluding ortho intramolecular Hbond substituents is 2. The van der Waals surface area contributed by atoms with Gasteiger partial charge in [-0.1, -0.05) is 48.0 Å². The van der Waals surface area contributed by atoms with Crippen LogP contribution in [-0.4, -0.2) is 39.9 Å². The number of aliphatic hydroxyl groups excluding tert-OH is 1. The second-order valence-electron chi connectivity index (χ2n) is 9.46. The van der Waals surface area contributed by atoms with Gasteiger partial charge in [-0.05, 0) is 73.2 Å². The summed E-state index contributed by atoms with van der Waals surface area (Å²) in [7, 11) is 0. The molecule has 0 aromatic heterocycles. The number of nitrogens with one attached hydrogen (secondary N) is 2. The van der Waals surface area contributed by atoms with Crippen molar-refractivity contribution in [2.24, 2.45) is 0 Å². The fourth-order valence-corrected chi connectivity index (χ4v) is 4.09. The number of hydrogen-bond acceptors (Lipinski definition) is 5. The van der Waals surface area contributed by atoms with Gasteiger partial charge in [-0.25, -0.2) is 0 Å². The molecule has 186 valence electrons. The van der Waals surface area contributed by atoms with E-state index in [9.17, 15) is 20.1 Å².